The number of nitrogens with zero attached hydrogens (tertiary/aromatic N) is 1. The van der Waals surface area contributed by atoms with E-state index >= 15 is 0 Å². The molecule has 4 heteroatoms. The maximum absolute atomic E-state index is 10.5. The van der Waals surface area contributed by atoms with Crippen LogP contribution in [-0.4, -0.2) is 19.7 Å². The average molecular weight is 220 g/mol. The fraction of sp³-hybridized carbons (Fsp3) is 0.500. The Balaban J connectivity index is 1.90. The van der Waals surface area contributed by atoms with E-state index in [2.05, 4.69) is 10.5 Å². The Labute approximate surface area is 95.0 Å². The van der Waals surface area contributed by atoms with Crippen LogP contribution >= 0.6 is 0 Å². The number of nitrogens with one attached hydrogen (secondary N) is 1. The van der Waals surface area contributed by atoms with Gasteiger partial charge in [-0.2, -0.15) is 0 Å². The lowest BCUT2D eigenvalue weighted by molar-refractivity contribution is 0.216. The van der Waals surface area contributed by atoms with Crippen molar-refractivity contribution in [2.45, 2.75) is 12.8 Å². The largest absolute Gasteiger partial charge is 0.491 e. The van der Waals surface area contributed by atoms with Gasteiger partial charge in [0.15, 0.2) is 0 Å². The van der Waals surface area contributed by atoms with E-state index in [-0.39, 0.29) is 0 Å². The Morgan fingerprint density at radius 3 is 2.81 bits per heavy atom. The fourth-order valence-electron chi connectivity index (χ4n) is 1.91. The van der Waals surface area contributed by atoms with Gasteiger partial charge in [0.25, 0.3) is 0 Å². The molecule has 0 bridgehead atoms. The molecule has 0 unspecified atom stereocenters. The Hall–Kier alpha value is -1.42. The van der Waals surface area contributed by atoms with Gasteiger partial charge in [-0.1, -0.05) is 12.1 Å². The normalized spacial score (nSPS) is 17.0. The van der Waals surface area contributed by atoms with Gasteiger partial charge in [-0.15, -0.1) is 4.91 Å². The molecule has 4 nitrogen and oxygen atoms in total. The lowest BCUT2D eigenvalue weighted by Gasteiger charge is -2.22. The number of nitroso groups, excluding NO2 is 1. The van der Waals surface area contributed by atoms with Crippen LogP contribution in [0.3, 0.4) is 0 Å². The third-order valence-corrected chi connectivity index (χ3v) is 2.90. The quantitative estimate of drug-likeness (QED) is 0.793. The number of piperidine rings is 1. The molecular formula is C12H16N2O2. The van der Waals surface area contributed by atoms with Crippen molar-refractivity contribution in [3.05, 3.63) is 29.2 Å². The predicted octanol–water partition coefficient (Wildman–Crippen LogP) is 2.46. The van der Waals surface area contributed by atoms with Crippen LogP contribution in [0.2, 0.25) is 0 Å². The molecule has 0 aliphatic carbocycles. The SMILES string of the molecule is O=Nc1ccccc1OCC1CCNCC1. The smallest absolute Gasteiger partial charge is 0.149 e. The summed E-state index contributed by atoms with van der Waals surface area (Å²) in [6.45, 7) is 2.79. The minimum absolute atomic E-state index is 0.386. The van der Waals surface area contributed by atoms with E-state index in [9.17, 15) is 4.91 Å². The number of rotatable bonds is 4. The van der Waals surface area contributed by atoms with E-state index in [1.807, 2.05) is 6.07 Å². The Morgan fingerprint density at radius 2 is 2.06 bits per heavy atom. The fourth-order valence-corrected chi connectivity index (χ4v) is 1.91. The van der Waals surface area contributed by atoms with E-state index in [0.29, 0.717) is 24.0 Å². The maximum Gasteiger partial charge on any atom is 0.149 e. The van der Waals surface area contributed by atoms with Crippen molar-refractivity contribution in [2.75, 3.05) is 19.7 Å². The van der Waals surface area contributed by atoms with E-state index < -0.39 is 0 Å². The van der Waals surface area contributed by atoms with Crippen LogP contribution in [-0.2, 0) is 0 Å². The Bertz CT molecular complexity index is 349. The predicted molar refractivity (Wildman–Crippen MR) is 63.0 cm³/mol. The summed E-state index contributed by atoms with van der Waals surface area (Å²) < 4.78 is 5.65. The lowest BCUT2D eigenvalue weighted by atomic mass is 9.99. The number of ether oxygens (including phenoxy) is 1. The Kier molecular flexibility index (Phi) is 3.88. The third kappa shape index (κ3) is 2.79. The van der Waals surface area contributed by atoms with Gasteiger partial charge in [0.05, 0.1) is 6.61 Å². The second kappa shape index (κ2) is 5.61. The van der Waals surface area contributed by atoms with Crippen LogP contribution < -0.4 is 10.1 Å². The summed E-state index contributed by atoms with van der Waals surface area (Å²) in [4.78, 5) is 10.5. The highest BCUT2D eigenvalue weighted by atomic mass is 16.5. The highest BCUT2D eigenvalue weighted by molar-refractivity contribution is 5.50. The van der Waals surface area contributed by atoms with Crippen LogP contribution in [0.25, 0.3) is 0 Å². The summed E-state index contributed by atoms with van der Waals surface area (Å²) in [5.41, 5.74) is 0.386. The summed E-state index contributed by atoms with van der Waals surface area (Å²) in [5.74, 6) is 1.18. The number of hydrogen-bond donors (Lipinski definition) is 1. The van der Waals surface area contributed by atoms with E-state index in [4.69, 9.17) is 4.74 Å². The van der Waals surface area contributed by atoms with Gasteiger partial charge >= 0.3 is 0 Å². The van der Waals surface area contributed by atoms with Crippen molar-refractivity contribution < 1.29 is 4.74 Å². The summed E-state index contributed by atoms with van der Waals surface area (Å²) >= 11 is 0. The molecule has 0 amide bonds. The first-order valence-corrected chi connectivity index (χ1v) is 5.66. The number of benzene rings is 1. The summed E-state index contributed by atoms with van der Waals surface area (Å²) in [7, 11) is 0. The van der Waals surface area contributed by atoms with Crippen LogP contribution in [0.1, 0.15) is 12.8 Å². The first-order valence-electron chi connectivity index (χ1n) is 5.66. The molecule has 0 spiro atoms. The molecule has 16 heavy (non-hydrogen) atoms. The molecule has 1 aliphatic heterocycles. The van der Waals surface area contributed by atoms with Gasteiger partial charge in [-0.05, 0) is 49.2 Å². The van der Waals surface area contributed by atoms with Crippen LogP contribution in [0.5, 0.6) is 5.75 Å². The molecule has 1 aliphatic rings. The zero-order valence-corrected chi connectivity index (χ0v) is 9.19. The molecule has 86 valence electrons. The molecule has 1 aromatic carbocycles. The zero-order chi connectivity index (χ0) is 11.2. The topological polar surface area (TPSA) is 50.7 Å². The molecule has 0 aromatic heterocycles. The number of hydrogen-bond acceptors (Lipinski definition) is 4. The van der Waals surface area contributed by atoms with Gasteiger partial charge in [0.2, 0.25) is 0 Å². The van der Waals surface area contributed by atoms with Crippen LogP contribution in [0.4, 0.5) is 5.69 Å². The van der Waals surface area contributed by atoms with E-state index in [1.54, 1.807) is 18.2 Å². The molecular weight excluding hydrogens is 204 g/mol. The Morgan fingerprint density at radius 1 is 1.31 bits per heavy atom. The van der Waals surface area contributed by atoms with Crippen molar-refractivity contribution in [3.63, 3.8) is 0 Å². The van der Waals surface area contributed by atoms with Crippen molar-refractivity contribution in [1.82, 2.24) is 5.32 Å². The van der Waals surface area contributed by atoms with E-state index in [1.165, 1.54) is 0 Å². The molecule has 0 atom stereocenters. The van der Waals surface area contributed by atoms with Crippen molar-refractivity contribution in [1.29, 1.82) is 0 Å². The van der Waals surface area contributed by atoms with Crippen molar-refractivity contribution >= 4 is 5.69 Å². The standard InChI is InChI=1S/C12H16N2O2/c15-14-11-3-1-2-4-12(11)16-9-10-5-7-13-8-6-10/h1-4,10,13H,5-9H2. The van der Waals surface area contributed by atoms with Gasteiger partial charge in [0, 0.05) is 0 Å². The highest BCUT2D eigenvalue weighted by Gasteiger charge is 2.14. The molecule has 1 aromatic rings. The maximum atomic E-state index is 10.5. The zero-order valence-electron chi connectivity index (χ0n) is 9.19. The summed E-state index contributed by atoms with van der Waals surface area (Å²) in [5, 5.41) is 6.26. The first-order chi connectivity index (χ1) is 7.90. The molecule has 1 fully saturated rings. The molecule has 1 N–H and O–H groups in total. The van der Waals surface area contributed by atoms with Crippen LogP contribution in [0.15, 0.2) is 29.4 Å². The van der Waals surface area contributed by atoms with Gasteiger partial charge in [0.1, 0.15) is 11.4 Å². The molecule has 2 rings (SSSR count). The van der Waals surface area contributed by atoms with Gasteiger partial charge in [-0.25, -0.2) is 0 Å². The van der Waals surface area contributed by atoms with Gasteiger partial charge in [-0.3, -0.25) is 0 Å². The molecule has 0 radical (unpaired) electrons. The van der Waals surface area contributed by atoms with Crippen molar-refractivity contribution in [3.8, 4) is 5.75 Å². The number of para-hydroxylation sites is 1. The second-order valence-electron chi connectivity index (χ2n) is 4.06. The highest BCUT2D eigenvalue weighted by Crippen LogP contribution is 2.27. The van der Waals surface area contributed by atoms with Crippen molar-refractivity contribution in [2.24, 2.45) is 11.1 Å². The summed E-state index contributed by atoms with van der Waals surface area (Å²) in [6, 6.07) is 7.10. The first kappa shape index (κ1) is 11.1. The third-order valence-electron chi connectivity index (χ3n) is 2.90. The van der Waals surface area contributed by atoms with Gasteiger partial charge < -0.3 is 10.1 Å². The minimum Gasteiger partial charge on any atom is -0.491 e. The average Bonchev–Trinajstić information content (AvgIpc) is 2.38. The van der Waals surface area contributed by atoms with E-state index in [0.717, 1.165) is 25.9 Å². The molecule has 0 saturated carbocycles. The molecule has 1 heterocycles. The molecule has 1 saturated heterocycles. The lowest BCUT2D eigenvalue weighted by Crippen LogP contribution is -2.30. The minimum atomic E-state index is 0.386. The second-order valence-corrected chi connectivity index (χ2v) is 4.06. The summed E-state index contributed by atoms with van der Waals surface area (Å²) in [6.07, 6.45) is 2.27. The monoisotopic (exact) mass is 220 g/mol. The van der Waals surface area contributed by atoms with Crippen LogP contribution in [0, 0.1) is 10.8 Å².